The van der Waals surface area contributed by atoms with Crippen LogP contribution >= 0.6 is 23.1 Å². The lowest BCUT2D eigenvalue weighted by molar-refractivity contribution is -0.140. The number of aromatic nitrogens is 1. The second-order valence-electron chi connectivity index (χ2n) is 6.27. The minimum atomic E-state index is -4.42. The van der Waals surface area contributed by atoms with Gasteiger partial charge in [-0.2, -0.15) is 13.2 Å². The van der Waals surface area contributed by atoms with Crippen LogP contribution in [0.4, 0.5) is 13.2 Å². The molecule has 0 aliphatic rings. The van der Waals surface area contributed by atoms with Crippen LogP contribution in [0.25, 0.3) is 0 Å². The highest BCUT2D eigenvalue weighted by Gasteiger charge is 2.33. The van der Waals surface area contributed by atoms with E-state index in [2.05, 4.69) is 27.5 Å². The van der Waals surface area contributed by atoms with E-state index in [1.165, 1.54) is 0 Å². The highest BCUT2D eigenvalue weighted by atomic mass is 32.2. The van der Waals surface area contributed by atoms with Crippen molar-refractivity contribution in [2.24, 2.45) is 10.9 Å². The molecule has 1 aromatic heterocycles. The Labute approximate surface area is 177 Å². The molecule has 29 heavy (non-hydrogen) atoms. The molecule has 0 aliphatic heterocycles. The summed E-state index contributed by atoms with van der Waals surface area (Å²) >= 11 is 2.68. The number of benzene rings is 1. The van der Waals surface area contributed by atoms with Crippen molar-refractivity contribution >= 4 is 29.1 Å². The van der Waals surface area contributed by atoms with E-state index in [0.717, 1.165) is 33.1 Å². The summed E-state index contributed by atoms with van der Waals surface area (Å²) in [5.41, 5.74) is -0.868. The third-order valence-electron chi connectivity index (χ3n) is 3.77. The predicted octanol–water partition coefficient (Wildman–Crippen LogP) is 4.65. The average Bonchev–Trinajstić information content (AvgIpc) is 3.18. The van der Waals surface area contributed by atoms with Crippen LogP contribution in [0.2, 0.25) is 0 Å². The van der Waals surface area contributed by atoms with E-state index in [0.29, 0.717) is 30.0 Å². The largest absolute Gasteiger partial charge is 0.496 e. The molecule has 0 saturated carbocycles. The van der Waals surface area contributed by atoms with Gasteiger partial charge in [-0.3, -0.25) is 0 Å². The van der Waals surface area contributed by atoms with Gasteiger partial charge in [0, 0.05) is 29.1 Å². The van der Waals surface area contributed by atoms with E-state index >= 15 is 0 Å². The van der Waals surface area contributed by atoms with Crippen LogP contribution < -0.4 is 15.4 Å². The van der Waals surface area contributed by atoms with E-state index in [1.54, 1.807) is 18.9 Å². The van der Waals surface area contributed by atoms with Gasteiger partial charge in [-0.05, 0) is 25.0 Å². The van der Waals surface area contributed by atoms with Crippen LogP contribution in [-0.2, 0) is 12.7 Å². The van der Waals surface area contributed by atoms with Crippen molar-refractivity contribution in [3.63, 3.8) is 0 Å². The number of hydrogen-bond acceptors (Lipinski definition) is 5. The zero-order valence-corrected chi connectivity index (χ0v) is 18.2. The highest BCUT2D eigenvalue weighted by Crippen LogP contribution is 2.31. The third kappa shape index (κ3) is 7.77. The fraction of sp³-hybridized carbons (Fsp3) is 0.474. The lowest BCUT2D eigenvalue weighted by Gasteiger charge is -2.16. The first kappa shape index (κ1) is 23.3. The summed E-state index contributed by atoms with van der Waals surface area (Å²) in [6.07, 6.45) is -4.42. The lowest BCUT2D eigenvalue weighted by Crippen LogP contribution is -2.39. The first-order valence-electron chi connectivity index (χ1n) is 9.13. The normalized spacial score (nSPS) is 13.2. The smallest absolute Gasteiger partial charge is 0.434 e. The zero-order valence-electron chi connectivity index (χ0n) is 16.5. The van der Waals surface area contributed by atoms with Gasteiger partial charge in [-0.1, -0.05) is 19.1 Å². The van der Waals surface area contributed by atoms with Crippen molar-refractivity contribution in [1.29, 1.82) is 0 Å². The van der Waals surface area contributed by atoms with Crippen molar-refractivity contribution < 1.29 is 17.9 Å². The number of aliphatic imine (C=N–C) groups is 1. The van der Waals surface area contributed by atoms with Crippen LogP contribution in [0.3, 0.4) is 0 Å². The summed E-state index contributed by atoms with van der Waals surface area (Å²) in [4.78, 5) is 9.04. The van der Waals surface area contributed by atoms with Crippen LogP contribution in [0.15, 0.2) is 39.5 Å². The molecule has 0 radical (unpaired) electrons. The molecule has 2 N–H and O–H groups in total. The standard InChI is InChI=1S/C19H25F3N4OS2/c1-4-23-18(25-10-17-26-16(12-29-17)19(20,21)22)24-9-13(2)11-28-15-8-6-5-7-14(15)27-3/h5-8,12-13H,4,9-11H2,1-3H3,(H2,23,24,25). The molecule has 0 aliphatic carbocycles. The van der Waals surface area contributed by atoms with Gasteiger partial charge in [-0.25, -0.2) is 9.98 Å². The van der Waals surface area contributed by atoms with Gasteiger partial charge in [0.05, 0.1) is 13.7 Å². The molecule has 1 atom stereocenters. The fourth-order valence-electron chi connectivity index (χ4n) is 2.30. The van der Waals surface area contributed by atoms with Gasteiger partial charge in [0.25, 0.3) is 0 Å². The van der Waals surface area contributed by atoms with E-state index in [1.807, 2.05) is 31.2 Å². The Morgan fingerprint density at radius 2 is 2.07 bits per heavy atom. The van der Waals surface area contributed by atoms with Crippen LogP contribution in [0.1, 0.15) is 24.5 Å². The van der Waals surface area contributed by atoms with Crippen molar-refractivity contribution in [3.8, 4) is 5.75 Å². The first-order chi connectivity index (χ1) is 13.8. The van der Waals surface area contributed by atoms with E-state index in [4.69, 9.17) is 4.74 Å². The molecule has 2 rings (SSSR count). The van der Waals surface area contributed by atoms with Crippen molar-refractivity contribution in [2.45, 2.75) is 31.5 Å². The fourth-order valence-corrected chi connectivity index (χ4v) is 4.08. The van der Waals surface area contributed by atoms with Gasteiger partial charge in [0.15, 0.2) is 11.7 Å². The Bertz CT molecular complexity index is 796. The van der Waals surface area contributed by atoms with E-state index in [-0.39, 0.29) is 6.54 Å². The predicted molar refractivity (Wildman–Crippen MR) is 113 cm³/mol. The van der Waals surface area contributed by atoms with Crippen molar-refractivity contribution in [3.05, 3.63) is 40.3 Å². The zero-order chi connectivity index (χ0) is 21.3. The Balaban J connectivity index is 1.86. The molecule has 0 bridgehead atoms. The minimum absolute atomic E-state index is 0.0976. The van der Waals surface area contributed by atoms with Crippen LogP contribution in [0, 0.1) is 5.92 Å². The minimum Gasteiger partial charge on any atom is -0.496 e. The number of guanidine groups is 1. The van der Waals surface area contributed by atoms with Crippen molar-refractivity contribution in [2.75, 3.05) is 26.0 Å². The molecule has 0 saturated heterocycles. The summed E-state index contributed by atoms with van der Waals surface area (Å²) in [6, 6.07) is 7.88. The second-order valence-corrected chi connectivity index (χ2v) is 8.27. The number of nitrogens with zero attached hydrogens (tertiary/aromatic N) is 2. The molecular weight excluding hydrogens is 421 g/mol. The summed E-state index contributed by atoms with van der Waals surface area (Å²) in [6.45, 7) is 5.49. The molecule has 1 heterocycles. The lowest BCUT2D eigenvalue weighted by atomic mass is 10.2. The van der Waals surface area contributed by atoms with Crippen LogP contribution in [-0.4, -0.2) is 36.9 Å². The molecule has 1 aromatic carbocycles. The number of methoxy groups -OCH3 is 1. The Morgan fingerprint density at radius 3 is 2.72 bits per heavy atom. The monoisotopic (exact) mass is 446 g/mol. The Morgan fingerprint density at radius 1 is 1.31 bits per heavy atom. The average molecular weight is 447 g/mol. The highest BCUT2D eigenvalue weighted by molar-refractivity contribution is 7.99. The van der Waals surface area contributed by atoms with E-state index < -0.39 is 11.9 Å². The molecular formula is C19H25F3N4OS2. The Hall–Kier alpha value is -1.94. The molecule has 160 valence electrons. The van der Waals surface area contributed by atoms with Gasteiger partial charge in [0.1, 0.15) is 10.8 Å². The number of ether oxygens (including phenoxy) is 1. The topological polar surface area (TPSA) is 58.5 Å². The summed E-state index contributed by atoms with van der Waals surface area (Å²) in [5.74, 6) is 2.64. The number of hydrogen-bond donors (Lipinski definition) is 2. The van der Waals surface area contributed by atoms with Gasteiger partial charge in [-0.15, -0.1) is 23.1 Å². The Kier molecular flexibility index (Phi) is 9.09. The maximum atomic E-state index is 12.6. The first-order valence-corrected chi connectivity index (χ1v) is 11.0. The van der Waals surface area contributed by atoms with Crippen LogP contribution in [0.5, 0.6) is 5.75 Å². The molecule has 0 spiro atoms. The molecule has 10 heteroatoms. The van der Waals surface area contributed by atoms with Gasteiger partial charge in [0.2, 0.25) is 0 Å². The van der Waals surface area contributed by atoms with Gasteiger partial charge >= 0.3 is 6.18 Å². The third-order valence-corrected chi connectivity index (χ3v) is 5.99. The second kappa shape index (κ2) is 11.3. The molecule has 5 nitrogen and oxygen atoms in total. The number of thiazole rings is 1. The van der Waals surface area contributed by atoms with E-state index in [9.17, 15) is 13.2 Å². The maximum Gasteiger partial charge on any atom is 0.434 e. The number of alkyl halides is 3. The number of nitrogens with one attached hydrogen (secondary N) is 2. The SMILES string of the molecule is CCNC(=NCc1nc(C(F)(F)F)cs1)NCC(C)CSc1ccccc1OC. The number of para-hydroxylation sites is 1. The number of halogens is 3. The molecule has 1 unspecified atom stereocenters. The number of thioether (sulfide) groups is 1. The molecule has 0 fully saturated rings. The maximum absolute atomic E-state index is 12.6. The summed E-state index contributed by atoms with van der Waals surface area (Å²) in [7, 11) is 1.66. The van der Waals surface area contributed by atoms with Crippen molar-refractivity contribution in [1.82, 2.24) is 15.6 Å². The summed E-state index contributed by atoms with van der Waals surface area (Å²) in [5, 5.41) is 7.69. The number of rotatable bonds is 9. The molecule has 0 amide bonds. The summed E-state index contributed by atoms with van der Waals surface area (Å²) < 4.78 is 43.3. The molecule has 2 aromatic rings. The quantitative estimate of drug-likeness (QED) is 0.334. The van der Waals surface area contributed by atoms with Gasteiger partial charge < -0.3 is 15.4 Å².